The van der Waals surface area contributed by atoms with E-state index in [4.69, 9.17) is 0 Å². The molecule has 0 aromatic carbocycles. The third kappa shape index (κ3) is 10.1. The van der Waals surface area contributed by atoms with Gasteiger partial charge in [0.25, 0.3) is 0 Å². The number of halogens is 6. The topological polar surface area (TPSA) is 9.23 Å². The first kappa shape index (κ1) is 15.5. The van der Waals surface area contributed by atoms with Crippen molar-refractivity contribution >= 4 is 0 Å². The zero-order valence-corrected chi connectivity index (χ0v) is 8.63. The molecule has 0 bridgehead atoms. The summed E-state index contributed by atoms with van der Waals surface area (Å²) in [6.45, 7) is 0. The van der Waals surface area contributed by atoms with E-state index in [0.29, 0.717) is 19.3 Å². The Balaban J connectivity index is 3.29. The van der Waals surface area contributed by atoms with Crippen LogP contribution in [0.2, 0.25) is 0 Å². The second kappa shape index (κ2) is 6.98. The summed E-state index contributed by atoms with van der Waals surface area (Å²) in [6.07, 6.45) is -8.39. The zero-order valence-electron chi connectivity index (χ0n) is 8.63. The quantitative estimate of drug-likeness (QED) is 0.446. The highest BCUT2D eigenvalue weighted by molar-refractivity contribution is 4.54. The first-order valence-corrected chi connectivity index (χ1v) is 5.01. The average molecular weight is 252 g/mol. The third-order valence-corrected chi connectivity index (χ3v) is 2.04. The van der Waals surface area contributed by atoms with E-state index in [-0.39, 0.29) is 12.8 Å². The summed E-state index contributed by atoms with van der Waals surface area (Å²) < 4.78 is 70.5. The van der Waals surface area contributed by atoms with Gasteiger partial charge in [0, 0.05) is 12.8 Å². The van der Waals surface area contributed by atoms with Crippen molar-refractivity contribution in [1.82, 2.24) is 0 Å². The summed E-state index contributed by atoms with van der Waals surface area (Å²) in [6, 6.07) is 0. The predicted octanol–water partition coefficient (Wildman–Crippen LogP) is 4.77. The maximum atomic E-state index is 12.1. The SMILES string of the molecule is FOC(F)(F)CCCCCCCC(F)(F)F. The summed E-state index contributed by atoms with van der Waals surface area (Å²) in [5.74, 6) is 0. The van der Waals surface area contributed by atoms with Gasteiger partial charge in [-0.25, -0.2) is 0 Å². The van der Waals surface area contributed by atoms with Crippen LogP contribution in [0, 0.1) is 0 Å². The predicted molar refractivity (Wildman–Crippen MR) is 45.5 cm³/mol. The van der Waals surface area contributed by atoms with E-state index < -0.39 is 25.1 Å². The number of rotatable bonds is 8. The van der Waals surface area contributed by atoms with Crippen molar-refractivity contribution in [2.75, 3.05) is 0 Å². The van der Waals surface area contributed by atoms with Gasteiger partial charge in [0.15, 0.2) is 0 Å². The van der Waals surface area contributed by atoms with Crippen LogP contribution < -0.4 is 0 Å². The van der Waals surface area contributed by atoms with Crippen LogP contribution >= 0.6 is 0 Å². The molecule has 0 rings (SSSR count). The number of alkyl halides is 5. The number of unbranched alkanes of at least 4 members (excludes halogenated alkanes) is 4. The van der Waals surface area contributed by atoms with E-state index in [1.54, 1.807) is 0 Å². The molecule has 16 heavy (non-hydrogen) atoms. The Morgan fingerprint density at radius 2 is 1.12 bits per heavy atom. The molecule has 0 spiro atoms. The van der Waals surface area contributed by atoms with Crippen LogP contribution in [0.25, 0.3) is 0 Å². The minimum atomic E-state index is -4.16. The molecule has 0 unspecified atom stereocenters. The number of hydrogen-bond acceptors (Lipinski definition) is 1. The van der Waals surface area contributed by atoms with Crippen LogP contribution in [0.1, 0.15) is 44.9 Å². The van der Waals surface area contributed by atoms with Crippen LogP contribution in [-0.4, -0.2) is 12.3 Å². The lowest BCUT2D eigenvalue weighted by Gasteiger charge is -2.09. The molecule has 0 amide bonds. The first-order chi connectivity index (χ1) is 7.27. The summed E-state index contributed by atoms with van der Waals surface area (Å²) in [4.78, 5) is 2.43. The second-order valence-electron chi connectivity index (χ2n) is 3.60. The second-order valence-corrected chi connectivity index (χ2v) is 3.60. The Morgan fingerprint density at radius 3 is 1.56 bits per heavy atom. The van der Waals surface area contributed by atoms with E-state index >= 15 is 0 Å². The highest BCUT2D eigenvalue weighted by Gasteiger charge is 2.30. The monoisotopic (exact) mass is 252 g/mol. The van der Waals surface area contributed by atoms with Crippen molar-refractivity contribution in [3.05, 3.63) is 0 Å². The van der Waals surface area contributed by atoms with Crippen molar-refractivity contribution in [3.8, 4) is 0 Å². The van der Waals surface area contributed by atoms with Gasteiger partial charge in [-0.15, -0.1) is 4.94 Å². The Bertz CT molecular complexity index is 179. The molecule has 98 valence electrons. The third-order valence-electron chi connectivity index (χ3n) is 2.04. The van der Waals surface area contributed by atoms with E-state index in [1.165, 1.54) is 0 Å². The van der Waals surface area contributed by atoms with Crippen LogP contribution in [0.5, 0.6) is 0 Å². The zero-order chi connectivity index (χ0) is 12.7. The van der Waals surface area contributed by atoms with E-state index in [0.717, 1.165) is 0 Å². The summed E-state index contributed by atoms with van der Waals surface area (Å²) in [5.41, 5.74) is 0. The lowest BCUT2D eigenvalue weighted by molar-refractivity contribution is -0.356. The van der Waals surface area contributed by atoms with Crippen LogP contribution in [-0.2, 0) is 4.94 Å². The smallest absolute Gasteiger partial charge is 0.173 e. The molecule has 0 fully saturated rings. The molecule has 0 aliphatic heterocycles. The molecule has 0 N–H and O–H groups in total. The van der Waals surface area contributed by atoms with Gasteiger partial charge in [0.1, 0.15) is 0 Å². The normalized spacial score (nSPS) is 13.1. The van der Waals surface area contributed by atoms with Crippen molar-refractivity contribution in [2.24, 2.45) is 0 Å². The Morgan fingerprint density at radius 1 is 0.688 bits per heavy atom. The van der Waals surface area contributed by atoms with Gasteiger partial charge in [-0.3, -0.25) is 0 Å². The maximum Gasteiger partial charge on any atom is 0.389 e. The molecule has 0 aliphatic rings. The molecule has 0 saturated carbocycles. The minimum Gasteiger partial charge on any atom is -0.173 e. The molecule has 0 aliphatic carbocycles. The average Bonchev–Trinajstić information content (AvgIpc) is 2.14. The number of hydrogen-bond donors (Lipinski definition) is 0. The Labute approximate surface area is 89.7 Å². The highest BCUT2D eigenvalue weighted by atomic mass is 19.4. The van der Waals surface area contributed by atoms with Gasteiger partial charge in [0.2, 0.25) is 0 Å². The van der Waals surface area contributed by atoms with E-state index in [2.05, 4.69) is 4.94 Å². The van der Waals surface area contributed by atoms with Crippen LogP contribution in [0.3, 0.4) is 0 Å². The van der Waals surface area contributed by atoms with E-state index in [1.807, 2.05) is 0 Å². The minimum absolute atomic E-state index is 0.000492. The van der Waals surface area contributed by atoms with Gasteiger partial charge < -0.3 is 0 Å². The summed E-state index contributed by atoms with van der Waals surface area (Å²) >= 11 is 0. The van der Waals surface area contributed by atoms with Crippen LogP contribution in [0.15, 0.2) is 0 Å². The Kier molecular flexibility index (Phi) is 6.78. The van der Waals surface area contributed by atoms with Crippen molar-refractivity contribution in [2.45, 2.75) is 57.2 Å². The molecular formula is C9H14F6O. The van der Waals surface area contributed by atoms with Gasteiger partial charge in [-0.05, 0) is 17.4 Å². The largest absolute Gasteiger partial charge is 0.389 e. The molecule has 1 nitrogen and oxygen atoms in total. The summed E-state index contributed by atoms with van der Waals surface area (Å²) in [7, 11) is 0. The molecule has 0 radical (unpaired) electrons. The van der Waals surface area contributed by atoms with E-state index in [9.17, 15) is 26.5 Å². The summed E-state index contributed by atoms with van der Waals surface area (Å²) in [5, 5.41) is 0. The van der Waals surface area contributed by atoms with Crippen molar-refractivity contribution in [3.63, 3.8) is 0 Å². The molecule has 0 aromatic rings. The highest BCUT2D eigenvalue weighted by Crippen LogP contribution is 2.25. The van der Waals surface area contributed by atoms with Crippen LogP contribution in [0.4, 0.5) is 26.5 Å². The van der Waals surface area contributed by atoms with Gasteiger partial charge in [-0.1, -0.05) is 19.3 Å². The fourth-order valence-corrected chi connectivity index (χ4v) is 1.23. The fraction of sp³-hybridized carbons (Fsp3) is 1.00. The fourth-order valence-electron chi connectivity index (χ4n) is 1.23. The lowest BCUT2D eigenvalue weighted by atomic mass is 10.1. The lowest BCUT2D eigenvalue weighted by Crippen LogP contribution is -2.15. The van der Waals surface area contributed by atoms with Crippen molar-refractivity contribution < 1.29 is 31.4 Å². The van der Waals surface area contributed by atoms with Gasteiger partial charge >= 0.3 is 12.3 Å². The molecule has 0 atom stereocenters. The molecular weight excluding hydrogens is 238 g/mol. The first-order valence-electron chi connectivity index (χ1n) is 5.01. The molecule has 0 saturated heterocycles. The van der Waals surface area contributed by atoms with Crippen molar-refractivity contribution in [1.29, 1.82) is 0 Å². The Hall–Kier alpha value is -0.460. The van der Waals surface area contributed by atoms with Gasteiger partial charge in [-0.2, -0.15) is 22.0 Å². The molecule has 0 heterocycles. The standard InChI is InChI=1S/C9H14F6O/c10-8(11,12)6-4-2-1-3-5-7-9(13,14)16-15/h1-7H2. The molecule has 0 aromatic heterocycles. The molecule has 7 heteroatoms. The maximum absolute atomic E-state index is 12.1. The van der Waals surface area contributed by atoms with Gasteiger partial charge in [0.05, 0.1) is 0 Å².